The number of hydrogen-bond donors (Lipinski definition) is 0. The number of likely N-dealkylation sites (N-methyl/N-ethyl adjacent to an activating group) is 1. The molecule has 0 unspecified atom stereocenters. The van der Waals surface area contributed by atoms with Gasteiger partial charge in [0.15, 0.2) is 6.54 Å². The van der Waals surface area contributed by atoms with Crippen LogP contribution in [0.3, 0.4) is 0 Å². The molecule has 0 heterocycles. The van der Waals surface area contributed by atoms with Crippen molar-refractivity contribution in [1.29, 1.82) is 0 Å². The highest BCUT2D eigenvalue weighted by atomic mass is 16.5. The Morgan fingerprint density at radius 1 is 1.12 bits per heavy atom. The molecule has 2 bridgehead atoms. The first-order valence-electron chi connectivity index (χ1n) is 10.7. The Morgan fingerprint density at radius 2 is 1.85 bits per heavy atom. The molecular weight excluding hydrogens is 326 g/mol. The van der Waals surface area contributed by atoms with E-state index in [1.807, 2.05) is 0 Å². The zero-order valence-corrected chi connectivity index (χ0v) is 18.1. The fourth-order valence-corrected chi connectivity index (χ4v) is 5.01. The van der Waals surface area contributed by atoms with Crippen molar-refractivity contribution in [2.24, 2.45) is 16.7 Å². The molecule has 0 saturated heterocycles. The molecule has 0 aromatic carbocycles. The van der Waals surface area contributed by atoms with Crippen LogP contribution in [-0.2, 0) is 14.3 Å². The smallest absolute Gasteiger partial charge is 0.361 e. The van der Waals surface area contributed by atoms with Crippen molar-refractivity contribution in [3.05, 3.63) is 0 Å². The lowest BCUT2D eigenvalue weighted by Crippen LogP contribution is -2.47. The van der Waals surface area contributed by atoms with Gasteiger partial charge in [0, 0.05) is 0 Å². The van der Waals surface area contributed by atoms with Crippen LogP contribution in [0.25, 0.3) is 0 Å². The van der Waals surface area contributed by atoms with Crippen molar-refractivity contribution in [2.75, 3.05) is 40.4 Å². The summed E-state index contributed by atoms with van der Waals surface area (Å²) >= 11 is 0. The third-order valence-corrected chi connectivity index (χ3v) is 7.55. The first kappa shape index (κ1) is 21.7. The number of carbonyl (C=O) groups is 1. The largest absolute Gasteiger partial charge is 0.462 e. The number of fused-ring (bicyclic) bond motifs is 2. The number of nitrogens with zero attached hydrogens (tertiary/aromatic N) is 1. The fourth-order valence-electron chi connectivity index (χ4n) is 5.01. The summed E-state index contributed by atoms with van der Waals surface area (Å²) < 4.78 is 12.4. The molecule has 0 aromatic heterocycles. The van der Waals surface area contributed by atoms with E-state index in [1.54, 1.807) is 0 Å². The van der Waals surface area contributed by atoms with Crippen LogP contribution in [0.5, 0.6) is 0 Å². The number of hydrogen-bond acceptors (Lipinski definition) is 3. The number of ether oxygens (including phenoxy) is 2. The monoisotopic (exact) mass is 368 g/mol. The number of carbonyl (C=O) groups excluding carboxylic acids is 1. The van der Waals surface area contributed by atoms with Crippen molar-refractivity contribution in [2.45, 2.75) is 78.7 Å². The molecule has 26 heavy (non-hydrogen) atoms. The summed E-state index contributed by atoms with van der Waals surface area (Å²) in [4.78, 5) is 12.1. The van der Waals surface area contributed by atoms with Gasteiger partial charge in [0.1, 0.15) is 6.54 Å². The van der Waals surface area contributed by atoms with Gasteiger partial charge in [-0.05, 0) is 42.4 Å². The number of esters is 1. The molecule has 0 aliphatic heterocycles. The average molecular weight is 369 g/mol. The summed E-state index contributed by atoms with van der Waals surface area (Å²) in [6, 6.07) is 0. The Morgan fingerprint density at radius 3 is 2.42 bits per heavy atom. The zero-order chi connectivity index (χ0) is 19.4. The predicted molar refractivity (Wildman–Crippen MR) is 106 cm³/mol. The molecule has 152 valence electrons. The van der Waals surface area contributed by atoms with Crippen molar-refractivity contribution in [3.8, 4) is 0 Å². The Hall–Kier alpha value is -0.610. The van der Waals surface area contributed by atoms with Crippen LogP contribution < -0.4 is 0 Å². The van der Waals surface area contributed by atoms with Crippen LogP contribution in [0.15, 0.2) is 0 Å². The summed E-state index contributed by atoms with van der Waals surface area (Å²) in [6.45, 7) is 12.0. The topological polar surface area (TPSA) is 35.5 Å². The van der Waals surface area contributed by atoms with E-state index in [1.165, 1.54) is 32.1 Å². The predicted octanol–water partition coefficient (Wildman–Crippen LogP) is 4.42. The third-order valence-electron chi connectivity index (χ3n) is 7.55. The summed E-state index contributed by atoms with van der Waals surface area (Å²) in [7, 11) is 4.18. The molecule has 0 amide bonds. The van der Waals surface area contributed by atoms with Gasteiger partial charge < -0.3 is 14.0 Å². The van der Waals surface area contributed by atoms with Crippen LogP contribution in [-0.4, -0.2) is 57.0 Å². The second-order valence-corrected chi connectivity index (χ2v) is 10.1. The second kappa shape index (κ2) is 8.60. The Balaban J connectivity index is 1.68. The summed E-state index contributed by atoms with van der Waals surface area (Å²) in [6.07, 6.45) is 8.77. The molecule has 2 rings (SSSR count). The highest BCUT2D eigenvalue weighted by Crippen LogP contribution is 2.66. The van der Waals surface area contributed by atoms with E-state index in [0.717, 1.165) is 31.9 Å². The van der Waals surface area contributed by atoms with Gasteiger partial charge in [-0.1, -0.05) is 47.0 Å². The van der Waals surface area contributed by atoms with Gasteiger partial charge >= 0.3 is 5.97 Å². The van der Waals surface area contributed by atoms with Crippen LogP contribution >= 0.6 is 0 Å². The summed E-state index contributed by atoms with van der Waals surface area (Å²) in [5.41, 5.74) is 0.704. The molecule has 2 aliphatic carbocycles. The van der Waals surface area contributed by atoms with Crippen molar-refractivity contribution < 1.29 is 18.8 Å². The Kier molecular flexibility index (Phi) is 7.17. The normalized spacial score (nSPS) is 29.9. The molecule has 2 aliphatic rings. The van der Waals surface area contributed by atoms with Gasteiger partial charge in [0.05, 0.1) is 33.4 Å². The second-order valence-electron chi connectivity index (χ2n) is 10.1. The molecule has 4 heteroatoms. The van der Waals surface area contributed by atoms with E-state index in [-0.39, 0.29) is 5.97 Å². The van der Waals surface area contributed by atoms with E-state index in [9.17, 15) is 4.79 Å². The number of unbranched alkanes of at least 4 members (excludes halogenated alkanes) is 3. The van der Waals surface area contributed by atoms with Gasteiger partial charge in [-0.25, -0.2) is 4.79 Å². The van der Waals surface area contributed by atoms with Gasteiger partial charge in [-0.3, -0.25) is 0 Å². The first-order valence-corrected chi connectivity index (χ1v) is 10.7. The van der Waals surface area contributed by atoms with E-state index in [4.69, 9.17) is 9.47 Å². The fraction of sp³-hybridized carbons (Fsp3) is 0.955. The minimum atomic E-state index is -0.0838. The maximum absolute atomic E-state index is 12.1. The van der Waals surface area contributed by atoms with Crippen LogP contribution in [0.1, 0.15) is 72.6 Å². The van der Waals surface area contributed by atoms with Crippen LogP contribution in [0, 0.1) is 16.7 Å². The highest BCUT2D eigenvalue weighted by Gasteiger charge is 2.61. The lowest BCUT2D eigenvalue weighted by molar-refractivity contribution is -0.883. The SMILES string of the molecule is CCCCCCOC(=O)C[N+](C)(C)CCO[C@H]1C[C@H]2CC[C@@]1(C)C2(C)C. The standard InChI is InChI=1S/C22H42NO3/c1-7-8-9-10-14-26-20(24)17-23(5,6)13-15-25-19-16-18-11-12-22(19,4)21(18,2)3/h18-19H,7-17H2,1-6H3/q+1/t18-,19+,22-/m1/s1. The Labute approximate surface area is 161 Å². The minimum absolute atomic E-state index is 0.0838. The van der Waals surface area contributed by atoms with Crippen LogP contribution in [0.4, 0.5) is 0 Å². The third kappa shape index (κ3) is 4.81. The van der Waals surface area contributed by atoms with E-state index < -0.39 is 0 Å². The molecular formula is C22H42NO3+. The molecule has 0 aromatic rings. The lowest BCUT2D eigenvalue weighted by Gasteiger charge is -2.39. The summed E-state index contributed by atoms with van der Waals surface area (Å²) in [5.74, 6) is 0.724. The average Bonchev–Trinajstić information content (AvgIpc) is 2.87. The maximum Gasteiger partial charge on any atom is 0.361 e. The maximum atomic E-state index is 12.1. The lowest BCUT2D eigenvalue weighted by atomic mass is 9.70. The van der Waals surface area contributed by atoms with Gasteiger partial charge in [0.25, 0.3) is 0 Å². The number of quaternary nitrogens is 1. The van der Waals surface area contributed by atoms with Gasteiger partial charge in [-0.15, -0.1) is 0 Å². The molecule has 2 saturated carbocycles. The molecule has 3 atom stereocenters. The molecule has 4 nitrogen and oxygen atoms in total. The van der Waals surface area contributed by atoms with E-state index in [0.29, 0.717) is 34.6 Å². The van der Waals surface area contributed by atoms with Crippen molar-refractivity contribution >= 4 is 5.97 Å². The summed E-state index contributed by atoms with van der Waals surface area (Å²) in [5, 5.41) is 0. The minimum Gasteiger partial charge on any atom is -0.462 e. The van der Waals surface area contributed by atoms with Crippen LogP contribution in [0.2, 0.25) is 0 Å². The van der Waals surface area contributed by atoms with Gasteiger partial charge in [0.2, 0.25) is 0 Å². The van der Waals surface area contributed by atoms with Crippen molar-refractivity contribution in [1.82, 2.24) is 0 Å². The van der Waals surface area contributed by atoms with Gasteiger partial charge in [-0.2, -0.15) is 0 Å². The first-order chi connectivity index (χ1) is 12.1. The molecule has 0 spiro atoms. The quantitative estimate of drug-likeness (QED) is 0.308. The van der Waals surface area contributed by atoms with Crippen molar-refractivity contribution in [3.63, 3.8) is 0 Å². The zero-order valence-electron chi connectivity index (χ0n) is 18.1. The Bertz CT molecular complexity index is 474. The van der Waals surface area contributed by atoms with E-state index in [2.05, 4.69) is 41.8 Å². The highest BCUT2D eigenvalue weighted by molar-refractivity contribution is 5.70. The van der Waals surface area contributed by atoms with E-state index >= 15 is 0 Å². The molecule has 0 radical (unpaired) electrons. The molecule has 0 N–H and O–H groups in total. The number of rotatable bonds is 11. The molecule has 2 fully saturated rings.